The highest BCUT2D eigenvalue weighted by Crippen LogP contribution is 2.09. The molecule has 2 aromatic rings. The Morgan fingerprint density at radius 1 is 0.706 bits per heavy atom. The van der Waals surface area contributed by atoms with E-state index in [0.717, 1.165) is 11.2 Å². The molecule has 0 saturated heterocycles. The lowest BCUT2D eigenvalue weighted by Crippen LogP contribution is -2.21. The SMILES string of the molecule is Cn1ccn(C)c1=NPN=c1n(C)ccn1C. The molecule has 2 aromatic heterocycles. The summed E-state index contributed by atoms with van der Waals surface area (Å²) in [6, 6.07) is 0. The second-order valence-electron chi connectivity index (χ2n) is 3.96. The van der Waals surface area contributed by atoms with Crippen molar-refractivity contribution in [1.29, 1.82) is 0 Å². The molecule has 0 amide bonds. The summed E-state index contributed by atoms with van der Waals surface area (Å²) in [4.78, 5) is 0. The van der Waals surface area contributed by atoms with Crippen LogP contribution in [0, 0.1) is 0 Å². The van der Waals surface area contributed by atoms with Crippen molar-refractivity contribution in [2.75, 3.05) is 0 Å². The van der Waals surface area contributed by atoms with E-state index in [-0.39, 0.29) is 8.88 Å². The fourth-order valence-electron chi connectivity index (χ4n) is 1.59. The number of imidazole rings is 2. The van der Waals surface area contributed by atoms with Crippen LogP contribution in [0.2, 0.25) is 0 Å². The zero-order valence-electron chi connectivity index (χ0n) is 10.5. The lowest BCUT2D eigenvalue weighted by molar-refractivity contribution is 0.748. The van der Waals surface area contributed by atoms with Crippen LogP contribution in [0.1, 0.15) is 0 Å². The van der Waals surface area contributed by atoms with Crippen molar-refractivity contribution in [3.05, 3.63) is 36.0 Å². The molecule has 0 aliphatic rings. The standard InChI is InChI=1S/C10H17N6P/c1-13-5-6-14(2)9(13)11-17-12-10-15(3)7-8-16(10)4/h5-8,17H,1-4H3. The second-order valence-corrected chi connectivity index (χ2v) is 4.61. The predicted molar refractivity (Wildman–Crippen MR) is 68.2 cm³/mol. The molecule has 7 heteroatoms. The fraction of sp³-hybridized carbons (Fsp3) is 0.400. The van der Waals surface area contributed by atoms with Crippen molar-refractivity contribution >= 4 is 8.88 Å². The van der Waals surface area contributed by atoms with Gasteiger partial charge in [0, 0.05) is 53.0 Å². The largest absolute Gasteiger partial charge is 0.320 e. The lowest BCUT2D eigenvalue weighted by atomic mass is 10.9. The summed E-state index contributed by atoms with van der Waals surface area (Å²) in [5.41, 5.74) is 1.84. The maximum Gasteiger partial charge on any atom is 0.209 e. The first-order valence-corrected chi connectivity index (χ1v) is 6.17. The van der Waals surface area contributed by atoms with E-state index in [4.69, 9.17) is 0 Å². The Kier molecular flexibility index (Phi) is 3.33. The average Bonchev–Trinajstić information content (AvgIpc) is 2.77. The third-order valence-electron chi connectivity index (χ3n) is 2.59. The number of nitrogens with zero attached hydrogens (tertiary/aromatic N) is 6. The van der Waals surface area contributed by atoms with Crippen molar-refractivity contribution in [2.24, 2.45) is 37.7 Å². The van der Waals surface area contributed by atoms with E-state index in [9.17, 15) is 0 Å². The van der Waals surface area contributed by atoms with Crippen molar-refractivity contribution in [1.82, 2.24) is 18.3 Å². The highest BCUT2D eigenvalue weighted by Gasteiger charge is 1.93. The Balaban J connectivity index is 2.32. The van der Waals surface area contributed by atoms with Gasteiger partial charge >= 0.3 is 0 Å². The first-order valence-electron chi connectivity index (χ1n) is 5.28. The number of hydrogen-bond donors (Lipinski definition) is 0. The lowest BCUT2D eigenvalue weighted by Gasteiger charge is -1.95. The van der Waals surface area contributed by atoms with Gasteiger partial charge in [-0.2, -0.15) is 0 Å². The van der Waals surface area contributed by atoms with E-state index >= 15 is 0 Å². The van der Waals surface area contributed by atoms with Gasteiger partial charge < -0.3 is 18.3 Å². The van der Waals surface area contributed by atoms with Crippen molar-refractivity contribution in [2.45, 2.75) is 0 Å². The molecule has 0 fully saturated rings. The smallest absolute Gasteiger partial charge is 0.209 e. The molecular formula is C10H17N6P. The molecule has 17 heavy (non-hydrogen) atoms. The molecule has 0 saturated carbocycles. The Morgan fingerprint density at radius 3 is 1.29 bits per heavy atom. The van der Waals surface area contributed by atoms with E-state index in [1.54, 1.807) is 0 Å². The summed E-state index contributed by atoms with van der Waals surface area (Å²) in [5.74, 6) is 0. The molecule has 0 aliphatic heterocycles. The molecule has 0 N–H and O–H groups in total. The summed E-state index contributed by atoms with van der Waals surface area (Å²) in [7, 11) is 8.09. The van der Waals surface area contributed by atoms with E-state index in [1.807, 2.05) is 71.2 Å². The molecule has 0 aromatic carbocycles. The molecule has 0 spiro atoms. The van der Waals surface area contributed by atoms with Gasteiger partial charge in [0.1, 0.15) is 8.88 Å². The Bertz CT molecular complexity index is 537. The number of aryl methyl sites for hydroxylation is 4. The minimum absolute atomic E-state index is 0.173. The van der Waals surface area contributed by atoms with Gasteiger partial charge in [-0.3, -0.25) is 0 Å². The molecule has 2 rings (SSSR count). The van der Waals surface area contributed by atoms with Gasteiger partial charge in [-0.05, 0) is 0 Å². The Morgan fingerprint density at radius 2 is 1.00 bits per heavy atom. The van der Waals surface area contributed by atoms with Gasteiger partial charge in [-0.25, -0.2) is 9.53 Å². The van der Waals surface area contributed by atoms with Crippen LogP contribution in [0.3, 0.4) is 0 Å². The third-order valence-corrected chi connectivity index (χ3v) is 3.19. The van der Waals surface area contributed by atoms with Crippen LogP contribution in [0.25, 0.3) is 0 Å². The summed E-state index contributed by atoms with van der Waals surface area (Å²) in [6.45, 7) is 0. The van der Waals surface area contributed by atoms with Crippen LogP contribution in [-0.4, -0.2) is 18.3 Å². The number of rotatable bonds is 2. The normalized spacial score (nSPS) is 10.6. The van der Waals surface area contributed by atoms with Crippen LogP contribution in [0.15, 0.2) is 34.3 Å². The molecule has 0 radical (unpaired) electrons. The van der Waals surface area contributed by atoms with Gasteiger partial charge in [0.05, 0.1) is 0 Å². The van der Waals surface area contributed by atoms with Crippen LogP contribution in [0.5, 0.6) is 0 Å². The van der Waals surface area contributed by atoms with E-state index in [0.29, 0.717) is 0 Å². The fourth-order valence-corrected chi connectivity index (χ4v) is 2.45. The molecule has 92 valence electrons. The minimum Gasteiger partial charge on any atom is -0.320 e. The average molecular weight is 252 g/mol. The topological polar surface area (TPSA) is 44.4 Å². The van der Waals surface area contributed by atoms with E-state index in [1.165, 1.54) is 0 Å². The van der Waals surface area contributed by atoms with E-state index in [2.05, 4.69) is 9.53 Å². The summed E-state index contributed by atoms with van der Waals surface area (Å²) >= 11 is 0. The molecule has 0 bridgehead atoms. The Labute approximate surface area is 101 Å². The second kappa shape index (κ2) is 4.75. The van der Waals surface area contributed by atoms with Crippen molar-refractivity contribution in [3.8, 4) is 0 Å². The summed E-state index contributed by atoms with van der Waals surface area (Å²) in [6.07, 6.45) is 7.91. The zero-order chi connectivity index (χ0) is 12.4. The van der Waals surface area contributed by atoms with Gasteiger partial charge in [0.25, 0.3) is 0 Å². The summed E-state index contributed by atoms with van der Waals surface area (Å²) in [5, 5.41) is 0. The molecule has 2 heterocycles. The van der Waals surface area contributed by atoms with E-state index < -0.39 is 0 Å². The third kappa shape index (κ3) is 2.42. The monoisotopic (exact) mass is 252 g/mol. The van der Waals surface area contributed by atoms with Gasteiger partial charge in [0.15, 0.2) is 0 Å². The number of hydrogen-bond acceptors (Lipinski definition) is 2. The van der Waals surface area contributed by atoms with Gasteiger partial charge in [0.2, 0.25) is 11.2 Å². The van der Waals surface area contributed by atoms with Gasteiger partial charge in [-0.1, -0.05) is 0 Å². The first kappa shape index (κ1) is 11.9. The maximum atomic E-state index is 4.48. The highest BCUT2D eigenvalue weighted by molar-refractivity contribution is 7.34. The Hall–Kier alpha value is -1.55. The zero-order valence-corrected chi connectivity index (χ0v) is 11.5. The summed E-state index contributed by atoms with van der Waals surface area (Å²) < 4.78 is 16.9. The first-order chi connectivity index (χ1) is 8.09. The van der Waals surface area contributed by atoms with Gasteiger partial charge in [-0.15, -0.1) is 0 Å². The van der Waals surface area contributed by atoms with Crippen LogP contribution in [-0.2, 0) is 28.2 Å². The molecule has 0 aliphatic carbocycles. The molecule has 6 nitrogen and oxygen atoms in total. The van der Waals surface area contributed by atoms with Crippen LogP contribution >= 0.6 is 8.88 Å². The molecule has 0 atom stereocenters. The highest BCUT2D eigenvalue weighted by atomic mass is 31.1. The van der Waals surface area contributed by atoms with Crippen LogP contribution in [0.4, 0.5) is 0 Å². The van der Waals surface area contributed by atoms with Crippen molar-refractivity contribution in [3.63, 3.8) is 0 Å². The quantitative estimate of drug-likeness (QED) is 0.678. The minimum atomic E-state index is 0.173. The molecular weight excluding hydrogens is 235 g/mol. The van der Waals surface area contributed by atoms with Crippen molar-refractivity contribution < 1.29 is 0 Å². The maximum absolute atomic E-state index is 4.48. The predicted octanol–water partition coefficient (Wildman–Crippen LogP) is 0.0507. The number of aromatic nitrogens is 4. The molecule has 0 unspecified atom stereocenters. The van der Waals surface area contributed by atoms with Crippen LogP contribution < -0.4 is 11.2 Å².